The molecule has 1 saturated heterocycles. The van der Waals surface area contributed by atoms with Crippen LogP contribution in [0.2, 0.25) is 5.15 Å². The molecule has 112 valence electrons. The first kappa shape index (κ1) is 15.6. The van der Waals surface area contributed by atoms with Crippen molar-refractivity contribution in [3.05, 3.63) is 23.5 Å². The fourth-order valence-corrected chi connectivity index (χ4v) is 4.21. The fourth-order valence-electron chi connectivity index (χ4n) is 1.86. The average Bonchev–Trinajstić information content (AvgIpc) is 2.38. The van der Waals surface area contributed by atoms with E-state index in [-0.39, 0.29) is 36.2 Å². The third-order valence-corrected chi connectivity index (χ3v) is 6.08. The molecule has 1 aliphatic rings. The van der Waals surface area contributed by atoms with Gasteiger partial charge in [0.2, 0.25) is 10.0 Å². The van der Waals surface area contributed by atoms with Gasteiger partial charge in [-0.1, -0.05) is 11.6 Å². The van der Waals surface area contributed by atoms with Crippen molar-refractivity contribution < 1.29 is 16.8 Å². The molecule has 8 nitrogen and oxygen atoms in total. The average molecular weight is 341 g/mol. The number of nitrogens with zero attached hydrogens (tertiary/aromatic N) is 3. The van der Waals surface area contributed by atoms with E-state index in [9.17, 15) is 16.8 Å². The summed E-state index contributed by atoms with van der Waals surface area (Å²) in [6.45, 7) is 0.130. The topological polar surface area (TPSA) is 114 Å². The number of halogens is 1. The second-order valence-electron chi connectivity index (χ2n) is 4.16. The SMILES string of the molecule is NS(=O)(=O)N1CCN(S(=O)(=O)c2ccnc(Cl)c2)CC1. The smallest absolute Gasteiger partial charge is 0.244 e. The lowest BCUT2D eigenvalue weighted by molar-refractivity contribution is 0.273. The molecule has 0 aliphatic carbocycles. The molecular weight excluding hydrogens is 328 g/mol. The molecule has 0 bridgehead atoms. The molecule has 2 N–H and O–H groups in total. The highest BCUT2D eigenvalue weighted by Gasteiger charge is 2.31. The van der Waals surface area contributed by atoms with Crippen LogP contribution in [0.3, 0.4) is 0 Å². The van der Waals surface area contributed by atoms with Crippen LogP contribution in [-0.2, 0) is 20.2 Å². The summed E-state index contributed by atoms with van der Waals surface area (Å²) in [5.41, 5.74) is 0. The van der Waals surface area contributed by atoms with Gasteiger partial charge < -0.3 is 0 Å². The van der Waals surface area contributed by atoms with Crippen molar-refractivity contribution in [2.75, 3.05) is 26.2 Å². The number of hydrogen-bond donors (Lipinski definition) is 1. The quantitative estimate of drug-likeness (QED) is 0.727. The summed E-state index contributed by atoms with van der Waals surface area (Å²) in [7, 11) is -7.49. The third-order valence-electron chi connectivity index (χ3n) is 2.89. The van der Waals surface area contributed by atoms with Crippen LogP contribution in [0.25, 0.3) is 0 Å². The highest BCUT2D eigenvalue weighted by molar-refractivity contribution is 7.89. The Morgan fingerprint density at radius 1 is 1.10 bits per heavy atom. The van der Waals surface area contributed by atoms with Gasteiger partial charge in [0.25, 0.3) is 10.2 Å². The van der Waals surface area contributed by atoms with E-state index >= 15 is 0 Å². The number of sulfonamides is 1. The second-order valence-corrected chi connectivity index (χ2v) is 8.03. The molecular formula is C9H13ClN4O4S2. The van der Waals surface area contributed by atoms with Crippen LogP contribution in [-0.4, -0.2) is 56.6 Å². The van der Waals surface area contributed by atoms with Gasteiger partial charge in [-0.3, -0.25) is 0 Å². The minimum atomic E-state index is -3.79. The fraction of sp³-hybridized carbons (Fsp3) is 0.444. The van der Waals surface area contributed by atoms with Crippen LogP contribution in [0.4, 0.5) is 0 Å². The largest absolute Gasteiger partial charge is 0.276 e. The van der Waals surface area contributed by atoms with Crippen molar-refractivity contribution in [1.82, 2.24) is 13.6 Å². The van der Waals surface area contributed by atoms with E-state index in [1.807, 2.05) is 0 Å². The monoisotopic (exact) mass is 340 g/mol. The number of rotatable bonds is 3. The number of hydrogen-bond acceptors (Lipinski definition) is 5. The first-order valence-corrected chi connectivity index (χ1v) is 8.93. The van der Waals surface area contributed by atoms with Crippen molar-refractivity contribution in [3.8, 4) is 0 Å². The molecule has 0 saturated carbocycles. The number of pyridine rings is 1. The first-order chi connectivity index (χ1) is 9.21. The van der Waals surface area contributed by atoms with Gasteiger partial charge in [-0.25, -0.2) is 18.5 Å². The summed E-state index contributed by atoms with van der Waals surface area (Å²) < 4.78 is 49.2. The molecule has 1 aliphatic heterocycles. The van der Waals surface area contributed by atoms with E-state index in [0.717, 1.165) is 4.31 Å². The lowest BCUT2D eigenvalue weighted by Gasteiger charge is -2.32. The summed E-state index contributed by atoms with van der Waals surface area (Å²) in [4.78, 5) is 3.75. The third kappa shape index (κ3) is 3.27. The summed E-state index contributed by atoms with van der Waals surface area (Å²) in [6, 6.07) is 2.59. The lowest BCUT2D eigenvalue weighted by atomic mass is 10.4. The Hall–Kier alpha value is -0.780. The highest BCUT2D eigenvalue weighted by atomic mass is 35.5. The van der Waals surface area contributed by atoms with Crippen LogP contribution in [0.1, 0.15) is 0 Å². The maximum atomic E-state index is 12.3. The van der Waals surface area contributed by atoms with Gasteiger partial charge in [-0.15, -0.1) is 0 Å². The van der Waals surface area contributed by atoms with Crippen molar-refractivity contribution in [2.24, 2.45) is 5.14 Å². The summed E-state index contributed by atoms with van der Waals surface area (Å²) >= 11 is 5.67. The van der Waals surface area contributed by atoms with Gasteiger partial charge in [-0.05, 0) is 12.1 Å². The van der Waals surface area contributed by atoms with Crippen molar-refractivity contribution in [2.45, 2.75) is 4.90 Å². The first-order valence-electron chi connectivity index (χ1n) is 5.61. The van der Waals surface area contributed by atoms with Crippen molar-refractivity contribution >= 4 is 31.8 Å². The van der Waals surface area contributed by atoms with E-state index < -0.39 is 20.2 Å². The number of aromatic nitrogens is 1. The van der Waals surface area contributed by atoms with Gasteiger partial charge in [0.05, 0.1) is 4.90 Å². The predicted molar refractivity (Wildman–Crippen MR) is 72.7 cm³/mol. The van der Waals surface area contributed by atoms with E-state index in [4.69, 9.17) is 16.7 Å². The van der Waals surface area contributed by atoms with Crippen LogP contribution >= 0.6 is 11.6 Å². The lowest BCUT2D eigenvalue weighted by Crippen LogP contribution is -2.52. The normalized spacial score (nSPS) is 19.1. The molecule has 1 aromatic rings. The molecule has 0 spiro atoms. The molecule has 1 fully saturated rings. The Balaban J connectivity index is 2.18. The molecule has 20 heavy (non-hydrogen) atoms. The van der Waals surface area contributed by atoms with E-state index in [1.165, 1.54) is 22.6 Å². The molecule has 2 rings (SSSR count). The Kier molecular flexibility index (Phi) is 4.33. The Bertz CT molecular complexity index is 698. The van der Waals surface area contributed by atoms with Gasteiger partial charge in [0, 0.05) is 32.4 Å². The molecule has 0 unspecified atom stereocenters. The minimum Gasteiger partial charge on any atom is -0.244 e. The van der Waals surface area contributed by atoms with Crippen LogP contribution in [0.5, 0.6) is 0 Å². The van der Waals surface area contributed by atoms with E-state index in [0.29, 0.717) is 0 Å². The number of piperazine rings is 1. The molecule has 2 heterocycles. The summed E-state index contributed by atoms with van der Waals surface area (Å²) in [5, 5.41) is 5.08. The molecule has 1 aromatic heterocycles. The summed E-state index contributed by atoms with van der Waals surface area (Å²) in [5.74, 6) is 0. The highest BCUT2D eigenvalue weighted by Crippen LogP contribution is 2.19. The zero-order valence-corrected chi connectivity index (χ0v) is 12.7. The van der Waals surface area contributed by atoms with Gasteiger partial charge in [0.1, 0.15) is 5.15 Å². The predicted octanol–water partition coefficient (Wildman–Crippen LogP) is -0.755. The van der Waals surface area contributed by atoms with Gasteiger partial charge in [-0.2, -0.15) is 17.0 Å². The Labute approximate surface area is 122 Å². The van der Waals surface area contributed by atoms with Gasteiger partial charge >= 0.3 is 0 Å². The van der Waals surface area contributed by atoms with Crippen molar-refractivity contribution in [1.29, 1.82) is 0 Å². The van der Waals surface area contributed by atoms with Gasteiger partial charge in [0.15, 0.2) is 0 Å². The zero-order valence-electron chi connectivity index (χ0n) is 10.3. The molecule has 0 radical (unpaired) electrons. The number of nitrogens with two attached hydrogens (primary N) is 1. The van der Waals surface area contributed by atoms with E-state index in [1.54, 1.807) is 0 Å². The van der Waals surface area contributed by atoms with Crippen LogP contribution in [0, 0.1) is 0 Å². The van der Waals surface area contributed by atoms with Crippen LogP contribution < -0.4 is 5.14 Å². The molecule has 0 atom stereocenters. The Morgan fingerprint density at radius 2 is 1.65 bits per heavy atom. The van der Waals surface area contributed by atoms with Crippen molar-refractivity contribution in [3.63, 3.8) is 0 Å². The Morgan fingerprint density at radius 3 is 2.15 bits per heavy atom. The molecule has 0 amide bonds. The summed E-state index contributed by atoms with van der Waals surface area (Å²) in [6.07, 6.45) is 1.30. The maximum absolute atomic E-state index is 12.3. The standard InChI is InChI=1S/C9H13ClN4O4S2/c10-9-7-8(1-2-12-9)19(15,16)13-3-5-14(6-4-13)20(11,17)18/h1-2,7H,3-6H2,(H2,11,17,18). The minimum absolute atomic E-state index is 0.0247. The van der Waals surface area contributed by atoms with E-state index in [2.05, 4.69) is 4.98 Å². The zero-order chi connectivity index (χ0) is 15.0. The molecule has 0 aromatic carbocycles. The van der Waals surface area contributed by atoms with Crippen LogP contribution in [0.15, 0.2) is 23.2 Å². The maximum Gasteiger partial charge on any atom is 0.276 e. The molecule has 11 heteroatoms. The second kappa shape index (κ2) is 5.54.